The highest BCUT2D eigenvalue weighted by molar-refractivity contribution is 6.74. The molecule has 1 aromatic carbocycles. The summed E-state index contributed by atoms with van der Waals surface area (Å²) in [5.74, 6) is 5.98. The molecule has 0 saturated carbocycles. The van der Waals surface area contributed by atoms with E-state index in [1.54, 1.807) is 32.6 Å². The molecule has 2 aromatic rings. The van der Waals surface area contributed by atoms with Crippen LogP contribution in [0.15, 0.2) is 30.6 Å². The van der Waals surface area contributed by atoms with Crippen LogP contribution in [0.25, 0.3) is 11.1 Å². The molecule has 3 atom stereocenters. The summed E-state index contributed by atoms with van der Waals surface area (Å²) < 4.78 is 34.5. The van der Waals surface area contributed by atoms with Crippen LogP contribution in [0.1, 0.15) is 102 Å². The van der Waals surface area contributed by atoms with E-state index in [4.69, 9.17) is 34.1 Å². The van der Waals surface area contributed by atoms with Gasteiger partial charge in [-0.05, 0) is 123 Å². The first-order valence-electron chi connectivity index (χ1n) is 20.1. The lowest BCUT2D eigenvalue weighted by Gasteiger charge is -2.39. The fourth-order valence-corrected chi connectivity index (χ4v) is 7.78. The van der Waals surface area contributed by atoms with E-state index in [0.717, 1.165) is 16.7 Å². The van der Waals surface area contributed by atoms with E-state index in [2.05, 4.69) is 67.0 Å². The zero-order valence-corrected chi connectivity index (χ0v) is 38.2. The lowest BCUT2D eigenvalue weighted by atomic mass is 9.89. The van der Waals surface area contributed by atoms with Crippen LogP contribution >= 0.6 is 0 Å². The summed E-state index contributed by atoms with van der Waals surface area (Å²) in [4.78, 5) is 45.7. The number of nitrogens with one attached hydrogen (secondary N) is 1. The van der Waals surface area contributed by atoms with Gasteiger partial charge in [-0.2, -0.15) is 4.68 Å². The maximum absolute atomic E-state index is 13.2. The van der Waals surface area contributed by atoms with Gasteiger partial charge in [0.25, 0.3) is 0 Å². The number of esters is 1. The Labute approximate surface area is 341 Å². The van der Waals surface area contributed by atoms with Gasteiger partial charge >= 0.3 is 18.2 Å². The van der Waals surface area contributed by atoms with Crippen LogP contribution in [0, 0.1) is 5.92 Å². The van der Waals surface area contributed by atoms with Crippen LogP contribution in [-0.2, 0) is 47.8 Å². The van der Waals surface area contributed by atoms with Gasteiger partial charge in [-0.25, -0.2) is 20.3 Å². The highest BCUT2D eigenvalue weighted by Gasteiger charge is 2.49. The van der Waals surface area contributed by atoms with E-state index in [1.807, 2.05) is 53.7 Å². The third kappa shape index (κ3) is 12.4. The molecule has 1 unspecified atom stereocenters. The predicted octanol–water partition coefficient (Wildman–Crippen LogP) is 6.91. The topological polar surface area (TPSA) is 157 Å². The maximum atomic E-state index is 13.2. The lowest BCUT2D eigenvalue weighted by molar-refractivity contribution is -0.780. The summed E-state index contributed by atoms with van der Waals surface area (Å²) >= 11 is 0. The number of aromatic nitrogens is 2. The number of aryl methyl sites for hydroxylation is 1. The number of benzene rings is 1. The summed E-state index contributed by atoms with van der Waals surface area (Å²) in [6, 6.07) is 6.04. The number of nitrogens with zero attached hydrogens (tertiary/aromatic N) is 3. The second kappa shape index (κ2) is 16.9. The summed E-state index contributed by atoms with van der Waals surface area (Å²) in [6.45, 7) is 31.7. The van der Waals surface area contributed by atoms with Crippen LogP contribution in [0.3, 0.4) is 0 Å². The molecule has 0 spiro atoms. The number of carbonyl (C=O) groups excluding carboxylic acids is 3. The molecule has 15 heteroatoms. The summed E-state index contributed by atoms with van der Waals surface area (Å²) in [6.07, 6.45) is 3.56. The summed E-state index contributed by atoms with van der Waals surface area (Å²) in [7, 11) is -2.27. The third-order valence-corrected chi connectivity index (χ3v) is 15.0. The van der Waals surface area contributed by atoms with Crippen molar-refractivity contribution in [2.75, 3.05) is 19.6 Å². The largest absolute Gasteiger partial charge is 0.486 e. The van der Waals surface area contributed by atoms with Gasteiger partial charge in [0, 0.05) is 19.0 Å². The van der Waals surface area contributed by atoms with Crippen molar-refractivity contribution in [2.45, 2.75) is 169 Å². The van der Waals surface area contributed by atoms with Gasteiger partial charge in [0.05, 0.1) is 24.8 Å². The lowest BCUT2D eigenvalue weighted by Crippen LogP contribution is -2.57. The first kappa shape index (κ1) is 46.0. The standard InChI is InChI=1S/C42H69N5O9Si/c1-38(2,3)52-35(48)42(13,56-43)34-19-17-30-20-29(16-18-33(30)51-34)31-25-46(24-28-22-45(23-28)37(50)54-40(7,8)9)47(26-31)27-32(55-57(14,15)41(10,11)12)21-44-36(49)53-39(4,5)6/h16,18,20,25-26,28,32,34H,17,19,21-24,27,43H2,1-15H3/p+1/t32-,34+,42?/m0/s1. The Kier molecular flexibility index (Phi) is 13.6. The highest BCUT2D eigenvalue weighted by Crippen LogP contribution is 2.38. The Hall–Kier alpha value is -3.66. The van der Waals surface area contributed by atoms with Crippen molar-refractivity contribution in [2.24, 2.45) is 11.8 Å². The van der Waals surface area contributed by atoms with E-state index in [-0.39, 0.29) is 29.7 Å². The Morgan fingerprint density at radius 3 is 2.09 bits per heavy atom. The molecule has 0 aliphatic carbocycles. The van der Waals surface area contributed by atoms with Crippen LogP contribution in [-0.4, -0.2) is 90.3 Å². The Bertz CT molecular complexity index is 1750. The molecule has 2 amide bonds. The molecule has 14 nitrogen and oxygen atoms in total. The third-order valence-electron chi connectivity index (χ3n) is 10.5. The average Bonchev–Trinajstić information content (AvgIpc) is 3.42. The highest BCUT2D eigenvalue weighted by atomic mass is 28.4. The van der Waals surface area contributed by atoms with E-state index in [1.165, 1.54) is 0 Å². The SMILES string of the molecule is CC(C)(C)OC(=O)NC[C@@H](C[n+]1cc(-c2ccc3c(c2)CC[C@H](C(C)(ON)C(=O)OC(C)(C)C)O3)cn1CC1CN(C(=O)OC(C)(C)C)C1)O[Si](C)(C)C(C)(C)C. The molecule has 0 radical (unpaired) electrons. The number of ether oxygens (including phenoxy) is 4. The van der Waals surface area contributed by atoms with Crippen LogP contribution < -0.4 is 20.6 Å². The first-order valence-corrected chi connectivity index (χ1v) is 23.0. The van der Waals surface area contributed by atoms with Crippen LogP contribution in [0.4, 0.5) is 9.59 Å². The van der Waals surface area contributed by atoms with Crippen molar-refractivity contribution in [1.29, 1.82) is 0 Å². The number of alkyl carbamates (subject to hydrolysis) is 1. The van der Waals surface area contributed by atoms with Crippen molar-refractivity contribution >= 4 is 26.5 Å². The second-order valence-electron chi connectivity index (χ2n) is 20.3. The zero-order chi connectivity index (χ0) is 42.9. The fourth-order valence-electron chi connectivity index (χ4n) is 6.44. The summed E-state index contributed by atoms with van der Waals surface area (Å²) in [5, 5.41) is 2.90. The molecular weight excluding hydrogens is 747 g/mol. The van der Waals surface area contributed by atoms with Crippen molar-refractivity contribution in [1.82, 2.24) is 14.9 Å². The Balaban J connectivity index is 1.64. The van der Waals surface area contributed by atoms with Crippen LogP contribution in [0.2, 0.25) is 18.1 Å². The Morgan fingerprint density at radius 1 is 0.912 bits per heavy atom. The molecule has 0 bridgehead atoms. The number of hydrogen-bond donors (Lipinski definition) is 2. The molecule has 3 heterocycles. The van der Waals surface area contributed by atoms with Crippen molar-refractivity contribution in [3.05, 3.63) is 36.2 Å². The monoisotopic (exact) mass is 816 g/mol. The minimum atomic E-state index is -2.27. The van der Waals surface area contributed by atoms with E-state index in [9.17, 15) is 14.4 Å². The van der Waals surface area contributed by atoms with Gasteiger partial charge in [0.1, 0.15) is 34.8 Å². The quantitative estimate of drug-likeness (QED) is 0.0759. The average molecular weight is 817 g/mol. The number of rotatable bonds is 12. The van der Waals surface area contributed by atoms with Gasteiger partial charge in [-0.1, -0.05) is 26.8 Å². The van der Waals surface area contributed by atoms with E-state index in [0.29, 0.717) is 44.8 Å². The summed E-state index contributed by atoms with van der Waals surface area (Å²) in [5.41, 5.74) is -0.431. The molecule has 1 saturated heterocycles. The molecule has 57 heavy (non-hydrogen) atoms. The maximum Gasteiger partial charge on any atom is 0.410 e. The van der Waals surface area contributed by atoms with E-state index >= 15 is 0 Å². The Morgan fingerprint density at radius 2 is 1.53 bits per heavy atom. The number of nitrogens with two attached hydrogens (primary N) is 1. The number of likely N-dealkylation sites (tertiary alicyclic amines) is 1. The van der Waals surface area contributed by atoms with Crippen molar-refractivity contribution in [3.8, 4) is 16.9 Å². The van der Waals surface area contributed by atoms with Crippen molar-refractivity contribution < 1.29 is 47.3 Å². The zero-order valence-electron chi connectivity index (χ0n) is 37.2. The second-order valence-corrected chi connectivity index (χ2v) is 25.0. The molecule has 1 aromatic heterocycles. The number of amides is 2. The predicted molar refractivity (Wildman–Crippen MR) is 220 cm³/mol. The number of hydrogen-bond acceptors (Lipinski definition) is 10. The molecule has 2 aliphatic heterocycles. The smallest absolute Gasteiger partial charge is 0.410 e. The molecular formula is C42H70N5O9Si+. The minimum absolute atomic E-state index is 0.0587. The van der Waals surface area contributed by atoms with Gasteiger partial charge in [-0.15, -0.1) is 4.68 Å². The van der Waals surface area contributed by atoms with Gasteiger partial charge in [-0.3, -0.25) is 4.84 Å². The normalized spacial score (nSPS) is 18.4. The first-order chi connectivity index (χ1) is 26.0. The fraction of sp³-hybridized carbons (Fsp3) is 0.714. The van der Waals surface area contributed by atoms with Crippen LogP contribution in [0.5, 0.6) is 5.75 Å². The molecule has 320 valence electrons. The molecule has 4 rings (SSSR count). The molecule has 2 aliphatic rings. The van der Waals surface area contributed by atoms with Gasteiger partial charge in [0.2, 0.25) is 11.8 Å². The number of carbonyl (C=O) groups is 3. The van der Waals surface area contributed by atoms with Crippen molar-refractivity contribution in [3.63, 3.8) is 0 Å². The molecule has 3 N–H and O–H groups in total. The number of fused-ring (bicyclic) bond motifs is 1. The van der Waals surface area contributed by atoms with Gasteiger partial charge < -0.3 is 33.6 Å². The van der Waals surface area contributed by atoms with E-state index < -0.39 is 48.9 Å². The van der Waals surface area contributed by atoms with Gasteiger partial charge in [0.15, 0.2) is 14.9 Å². The molecule has 1 fully saturated rings. The minimum Gasteiger partial charge on any atom is -0.486 e.